The van der Waals surface area contributed by atoms with Crippen LogP contribution in [0.4, 0.5) is 0 Å². The summed E-state index contributed by atoms with van der Waals surface area (Å²) in [6, 6.07) is 14.8. The molecule has 1 aromatic heterocycles. The lowest BCUT2D eigenvalue weighted by atomic mass is 10.1. The van der Waals surface area contributed by atoms with Crippen LogP contribution in [0.15, 0.2) is 53.7 Å². The van der Waals surface area contributed by atoms with E-state index >= 15 is 0 Å². The molecule has 1 heterocycles. The van der Waals surface area contributed by atoms with E-state index in [1.165, 1.54) is 11.8 Å². The topological polar surface area (TPSA) is 81.9 Å². The summed E-state index contributed by atoms with van der Waals surface area (Å²) in [5.41, 5.74) is 1.71. The zero-order valence-electron chi connectivity index (χ0n) is 15.5. The van der Waals surface area contributed by atoms with E-state index in [1.807, 2.05) is 50.2 Å². The van der Waals surface area contributed by atoms with Crippen molar-refractivity contribution in [2.24, 2.45) is 0 Å². The maximum atomic E-state index is 12.3. The van der Waals surface area contributed by atoms with E-state index in [0.717, 1.165) is 11.3 Å². The first-order chi connectivity index (χ1) is 13.6. The molecule has 146 valence electrons. The number of amides is 1. The van der Waals surface area contributed by atoms with Gasteiger partial charge in [-0.2, -0.15) is 4.68 Å². The first-order valence-corrected chi connectivity index (χ1v) is 10.1. The third-order valence-electron chi connectivity index (χ3n) is 3.91. The molecule has 0 fully saturated rings. The van der Waals surface area contributed by atoms with Crippen molar-refractivity contribution in [3.05, 3.63) is 59.1 Å². The molecular formula is C19H20ClN5O2S. The predicted molar refractivity (Wildman–Crippen MR) is 109 cm³/mol. The lowest BCUT2D eigenvalue weighted by molar-refractivity contribution is -0.119. The zero-order chi connectivity index (χ0) is 19.9. The number of aromatic nitrogens is 4. The molecule has 28 heavy (non-hydrogen) atoms. The Bertz CT molecular complexity index is 932. The van der Waals surface area contributed by atoms with Crippen LogP contribution in [0.2, 0.25) is 5.02 Å². The minimum Gasteiger partial charge on any atom is -0.492 e. The maximum absolute atomic E-state index is 12.3. The van der Waals surface area contributed by atoms with E-state index in [0.29, 0.717) is 22.5 Å². The van der Waals surface area contributed by atoms with Gasteiger partial charge in [-0.25, -0.2) is 0 Å². The first kappa shape index (κ1) is 20.2. The minimum absolute atomic E-state index is 0.111. The van der Waals surface area contributed by atoms with Gasteiger partial charge in [0.25, 0.3) is 0 Å². The second kappa shape index (κ2) is 9.57. The molecule has 0 spiro atoms. The minimum atomic E-state index is -0.125. The van der Waals surface area contributed by atoms with Crippen molar-refractivity contribution in [3.8, 4) is 11.4 Å². The van der Waals surface area contributed by atoms with Gasteiger partial charge in [0.2, 0.25) is 11.1 Å². The maximum Gasteiger partial charge on any atom is 0.230 e. The summed E-state index contributed by atoms with van der Waals surface area (Å²) in [5, 5.41) is 15.9. The highest BCUT2D eigenvalue weighted by molar-refractivity contribution is 7.99. The summed E-state index contributed by atoms with van der Waals surface area (Å²) in [5.74, 6) is 0.759. The molecule has 1 N–H and O–H groups in total. The summed E-state index contributed by atoms with van der Waals surface area (Å²) >= 11 is 7.17. The number of ether oxygens (including phenoxy) is 1. The van der Waals surface area contributed by atoms with Gasteiger partial charge in [0.15, 0.2) is 0 Å². The molecule has 2 aromatic carbocycles. The van der Waals surface area contributed by atoms with Crippen LogP contribution in [0.25, 0.3) is 5.69 Å². The van der Waals surface area contributed by atoms with Crippen LogP contribution in [0.3, 0.4) is 0 Å². The number of halogens is 1. The number of tetrazole rings is 1. The average Bonchev–Trinajstić information content (AvgIpc) is 3.16. The molecule has 0 radical (unpaired) electrons. The second-order valence-corrected chi connectivity index (χ2v) is 7.28. The van der Waals surface area contributed by atoms with Crippen LogP contribution in [0, 0.1) is 0 Å². The van der Waals surface area contributed by atoms with Gasteiger partial charge in [0, 0.05) is 5.02 Å². The highest BCUT2D eigenvalue weighted by atomic mass is 35.5. The van der Waals surface area contributed by atoms with Crippen LogP contribution >= 0.6 is 23.4 Å². The Morgan fingerprint density at radius 3 is 2.75 bits per heavy atom. The Labute approximate surface area is 172 Å². The number of rotatable bonds is 8. The van der Waals surface area contributed by atoms with Crippen molar-refractivity contribution in [3.63, 3.8) is 0 Å². The molecule has 9 heteroatoms. The van der Waals surface area contributed by atoms with Crippen LogP contribution in [-0.2, 0) is 4.79 Å². The average molecular weight is 418 g/mol. The van der Waals surface area contributed by atoms with Crippen molar-refractivity contribution in [1.29, 1.82) is 0 Å². The Kier molecular flexibility index (Phi) is 6.89. The standard InChI is InChI=1S/C19H20ClN5O2S/c1-3-27-17-7-5-4-6-16(17)25-19(22-23-24-25)28-12-18(26)21-13(2)14-8-10-15(20)11-9-14/h4-11,13H,3,12H2,1-2H3,(H,21,26). The van der Waals surface area contributed by atoms with Crippen LogP contribution in [0.5, 0.6) is 5.75 Å². The Morgan fingerprint density at radius 1 is 1.25 bits per heavy atom. The number of para-hydroxylation sites is 2. The van der Waals surface area contributed by atoms with Crippen LogP contribution in [-0.4, -0.2) is 38.5 Å². The number of benzene rings is 2. The van der Waals surface area contributed by atoms with Gasteiger partial charge in [-0.3, -0.25) is 4.79 Å². The second-order valence-electron chi connectivity index (χ2n) is 5.90. The predicted octanol–water partition coefficient (Wildman–Crippen LogP) is 3.68. The summed E-state index contributed by atoms with van der Waals surface area (Å²) in [4.78, 5) is 12.3. The largest absolute Gasteiger partial charge is 0.492 e. The monoisotopic (exact) mass is 417 g/mol. The Balaban J connectivity index is 1.64. The highest BCUT2D eigenvalue weighted by Gasteiger charge is 2.16. The van der Waals surface area contributed by atoms with Crippen molar-refractivity contribution < 1.29 is 9.53 Å². The fraction of sp³-hybridized carbons (Fsp3) is 0.263. The van der Waals surface area contributed by atoms with Gasteiger partial charge in [-0.15, -0.1) is 5.10 Å². The lowest BCUT2D eigenvalue weighted by Gasteiger charge is -2.14. The molecule has 7 nitrogen and oxygen atoms in total. The zero-order valence-corrected chi connectivity index (χ0v) is 17.1. The Hall–Kier alpha value is -2.58. The first-order valence-electron chi connectivity index (χ1n) is 8.76. The van der Waals surface area contributed by atoms with E-state index in [1.54, 1.807) is 16.8 Å². The van der Waals surface area contributed by atoms with Gasteiger partial charge < -0.3 is 10.1 Å². The van der Waals surface area contributed by atoms with Crippen molar-refractivity contribution in [1.82, 2.24) is 25.5 Å². The highest BCUT2D eigenvalue weighted by Crippen LogP contribution is 2.26. The van der Waals surface area contributed by atoms with Crippen molar-refractivity contribution in [2.45, 2.75) is 25.0 Å². The summed E-state index contributed by atoms with van der Waals surface area (Å²) in [6.45, 7) is 4.37. The van der Waals surface area contributed by atoms with Gasteiger partial charge >= 0.3 is 0 Å². The van der Waals surface area contributed by atoms with E-state index in [2.05, 4.69) is 20.8 Å². The summed E-state index contributed by atoms with van der Waals surface area (Å²) in [7, 11) is 0. The molecule has 0 aliphatic heterocycles. The van der Waals surface area contributed by atoms with Crippen molar-refractivity contribution >= 4 is 29.3 Å². The number of hydrogen-bond acceptors (Lipinski definition) is 6. The summed E-state index contributed by atoms with van der Waals surface area (Å²) < 4.78 is 7.21. The molecule has 3 aromatic rings. The van der Waals surface area contributed by atoms with Crippen molar-refractivity contribution in [2.75, 3.05) is 12.4 Å². The van der Waals surface area contributed by atoms with E-state index in [4.69, 9.17) is 16.3 Å². The molecule has 1 atom stereocenters. The number of carbonyl (C=O) groups excluding carboxylic acids is 1. The fourth-order valence-corrected chi connectivity index (χ4v) is 3.40. The van der Waals surface area contributed by atoms with Gasteiger partial charge in [-0.05, 0) is 54.1 Å². The van der Waals surface area contributed by atoms with E-state index in [-0.39, 0.29) is 17.7 Å². The molecule has 0 saturated heterocycles. The normalized spacial score (nSPS) is 11.8. The molecule has 0 aliphatic rings. The SMILES string of the molecule is CCOc1ccccc1-n1nnnc1SCC(=O)NC(C)c1ccc(Cl)cc1. The Morgan fingerprint density at radius 2 is 2.00 bits per heavy atom. The lowest BCUT2D eigenvalue weighted by Crippen LogP contribution is -2.28. The number of nitrogens with one attached hydrogen (secondary N) is 1. The van der Waals surface area contributed by atoms with Gasteiger partial charge in [0.1, 0.15) is 11.4 Å². The molecular weight excluding hydrogens is 398 g/mol. The van der Waals surface area contributed by atoms with E-state index in [9.17, 15) is 4.79 Å². The quantitative estimate of drug-likeness (QED) is 0.563. The number of nitrogens with zero attached hydrogens (tertiary/aromatic N) is 4. The number of thioether (sulfide) groups is 1. The number of hydrogen-bond donors (Lipinski definition) is 1. The van der Waals surface area contributed by atoms with Crippen LogP contribution < -0.4 is 10.1 Å². The molecule has 3 rings (SSSR count). The smallest absolute Gasteiger partial charge is 0.230 e. The molecule has 0 aliphatic carbocycles. The van der Waals surface area contributed by atoms with Crippen LogP contribution in [0.1, 0.15) is 25.5 Å². The third-order valence-corrected chi connectivity index (χ3v) is 5.09. The van der Waals surface area contributed by atoms with E-state index < -0.39 is 0 Å². The van der Waals surface area contributed by atoms with Gasteiger partial charge in [-0.1, -0.05) is 47.6 Å². The summed E-state index contributed by atoms with van der Waals surface area (Å²) in [6.07, 6.45) is 0. The third kappa shape index (κ3) is 5.02. The molecule has 0 saturated carbocycles. The molecule has 1 unspecified atom stereocenters. The van der Waals surface area contributed by atoms with Gasteiger partial charge in [0.05, 0.1) is 18.4 Å². The fourth-order valence-electron chi connectivity index (χ4n) is 2.58. The molecule has 0 bridgehead atoms. The molecule has 1 amide bonds. The number of carbonyl (C=O) groups is 1.